The Morgan fingerprint density at radius 2 is 2.06 bits per heavy atom. The first-order valence-electron chi connectivity index (χ1n) is 5.58. The Morgan fingerprint density at radius 3 is 2.53 bits per heavy atom. The molecule has 0 saturated carbocycles. The van der Waals surface area contributed by atoms with Gasteiger partial charge < -0.3 is 14.2 Å². The van der Waals surface area contributed by atoms with Crippen molar-refractivity contribution in [1.29, 1.82) is 5.26 Å². The summed E-state index contributed by atoms with van der Waals surface area (Å²) in [4.78, 5) is 11.3. The Balaban J connectivity index is 4.05. The number of hydrogen-bond acceptors (Lipinski definition) is 5. The van der Waals surface area contributed by atoms with Gasteiger partial charge in [-0.3, -0.25) is 0 Å². The lowest BCUT2D eigenvalue weighted by atomic mass is 10.3. The maximum absolute atomic E-state index is 11.3. The summed E-state index contributed by atoms with van der Waals surface area (Å²) < 4.78 is 15.6. The van der Waals surface area contributed by atoms with E-state index in [9.17, 15) is 4.79 Å². The lowest BCUT2D eigenvalue weighted by molar-refractivity contribution is -0.180. The molecule has 0 radical (unpaired) electrons. The number of nitriles is 1. The van der Waals surface area contributed by atoms with Crippen LogP contribution < -0.4 is 0 Å². The number of carbonyl (C=O) groups is 1. The van der Waals surface area contributed by atoms with Gasteiger partial charge in [0, 0.05) is 13.0 Å². The molecule has 0 rings (SSSR count). The van der Waals surface area contributed by atoms with Crippen molar-refractivity contribution in [3.05, 3.63) is 12.2 Å². The number of rotatable bonds is 8. The van der Waals surface area contributed by atoms with Gasteiger partial charge in [-0.1, -0.05) is 13.5 Å². The van der Waals surface area contributed by atoms with E-state index in [0.717, 1.165) is 0 Å². The van der Waals surface area contributed by atoms with Crippen molar-refractivity contribution in [3.63, 3.8) is 0 Å². The number of carbonyl (C=O) groups excluding carboxylic acids is 1. The van der Waals surface area contributed by atoms with Crippen molar-refractivity contribution in [2.45, 2.75) is 39.6 Å². The fourth-order valence-electron chi connectivity index (χ4n) is 1.05. The smallest absolute Gasteiger partial charge is 0.350 e. The number of esters is 1. The number of ether oxygens (including phenoxy) is 3. The molecule has 0 aliphatic rings. The zero-order chi connectivity index (χ0) is 13.3. The average Bonchev–Trinajstić information content (AvgIpc) is 2.33. The highest BCUT2D eigenvalue weighted by Gasteiger charge is 2.16. The van der Waals surface area contributed by atoms with E-state index in [2.05, 4.69) is 6.58 Å². The largest absolute Gasteiger partial charge is 0.432 e. The van der Waals surface area contributed by atoms with Crippen molar-refractivity contribution in [3.8, 4) is 6.07 Å². The quantitative estimate of drug-likeness (QED) is 0.280. The number of hydrogen-bond donors (Lipinski definition) is 0. The average molecular weight is 241 g/mol. The van der Waals surface area contributed by atoms with Gasteiger partial charge in [-0.25, -0.2) is 4.79 Å². The maximum atomic E-state index is 11.3. The van der Waals surface area contributed by atoms with Gasteiger partial charge in [0.2, 0.25) is 6.29 Å². The molecule has 0 spiro atoms. The van der Waals surface area contributed by atoms with Gasteiger partial charge in [0.1, 0.15) is 11.6 Å². The summed E-state index contributed by atoms with van der Waals surface area (Å²) in [6, 6.07) is 1.63. The lowest BCUT2D eigenvalue weighted by Crippen LogP contribution is -2.26. The second-order valence-electron chi connectivity index (χ2n) is 3.43. The molecule has 5 nitrogen and oxygen atoms in total. The third-order valence-corrected chi connectivity index (χ3v) is 1.92. The topological polar surface area (TPSA) is 68.6 Å². The van der Waals surface area contributed by atoms with Gasteiger partial charge in [-0.2, -0.15) is 5.26 Å². The molecule has 0 aromatic heterocycles. The van der Waals surface area contributed by atoms with Crippen LogP contribution in [0.15, 0.2) is 12.2 Å². The molecule has 17 heavy (non-hydrogen) atoms. The highest BCUT2D eigenvalue weighted by Crippen LogP contribution is 2.06. The second kappa shape index (κ2) is 8.74. The molecule has 0 fully saturated rings. The molecule has 0 bridgehead atoms. The van der Waals surface area contributed by atoms with Crippen molar-refractivity contribution in [2.75, 3.05) is 13.2 Å². The minimum atomic E-state index is -0.747. The molecule has 5 heteroatoms. The predicted octanol–water partition coefficient (Wildman–Crippen LogP) is 1.79. The zero-order valence-electron chi connectivity index (χ0n) is 10.6. The highest BCUT2D eigenvalue weighted by molar-refractivity contribution is 5.91. The maximum Gasteiger partial charge on any atom is 0.350 e. The molecule has 0 aromatic carbocycles. The molecule has 0 amide bonds. The van der Waals surface area contributed by atoms with Crippen LogP contribution in [0.25, 0.3) is 0 Å². The molecule has 2 unspecified atom stereocenters. The standard InChI is InChI=1S/C12H19NO4/c1-5-11(16-8-10(4)15-6-2)17-12(14)9(3)7-13/h10-11H,3,5-6,8H2,1-2,4H3. The van der Waals surface area contributed by atoms with E-state index in [1.54, 1.807) is 6.07 Å². The molecule has 96 valence electrons. The third kappa shape index (κ3) is 6.72. The van der Waals surface area contributed by atoms with E-state index in [-0.39, 0.29) is 11.7 Å². The minimum absolute atomic E-state index is 0.0630. The molecule has 0 saturated heterocycles. The summed E-state index contributed by atoms with van der Waals surface area (Å²) in [5.74, 6) is -0.747. The summed E-state index contributed by atoms with van der Waals surface area (Å²) >= 11 is 0. The van der Waals surface area contributed by atoms with Crippen LogP contribution in [0.1, 0.15) is 27.2 Å². The highest BCUT2D eigenvalue weighted by atomic mass is 16.7. The normalized spacial score (nSPS) is 13.5. The van der Waals surface area contributed by atoms with Crippen molar-refractivity contribution >= 4 is 5.97 Å². The van der Waals surface area contributed by atoms with Gasteiger partial charge in [-0.05, 0) is 13.8 Å². The Hall–Kier alpha value is -1.38. The molecular weight excluding hydrogens is 222 g/mol. The fraction of sp³-hybridized carbons (Fsp3) is 0.667. The Morgan fingerprint density at radius 1 is 1.41 bits per heavy atom. The predicted molar refractivity (Wildman–Crippen MR) is 62.0 cm³/mol. The number of nitrogens with zero attached hydrogens (tertiary/aromatic N) is 1. The summed E-state index contributed by atoms with van der Waals surface area (Å²) in [6.07, 6.45) is -0.231. The van der Waals surface area contributed by atoms with E-state index in [1.165, 1.54) is 0 Å². The van der Waals surface area contributed by atoms with E-state index < -0.39 is 12.3 Å². The van der Waals surface area contributed by atoms with Gasteiger partial charge >= 0.3 is 5.97 Å². The summed E-state index contributed by atoms with van der Waals surface area (Å²) in [7, 11) is 0. The van der Waals surface area contributed by atoms with Crippen molar-refractivity contribution in [2.24, 2.45) is 0 Å². The minimum Gasteiger partial charge on any atom is -0.432 e. The van der Waals surface area contributed by atoms with Gasteiger partial charge in [0.15, 0.2) is 0 Å². The molecule has 0 heterocycles. The molecule has 0 aliphatic heterocycles. The first kappa shape index (κ1) is 15.6. The van der Waals surface area contributed by atoms with Crippen LogP contribution in [0.3, 0.4) is 0 Å². The fourth-order valence-corrected chi connectivity index (χ4v) is 1.05. The molecule has 0 N–H and O–H groups in total. The summed E-state index contributed by atoms with van der Waals surface area (Å²) in [5, 5.41) is 8.47. The summed E-state index contributed by atoms with van der Waals surface area (Å²) in [6.45, 7) is 9.78. The first-order valence-corrected chi connectivity index (χ1v) is 5.58. The van der Waals surface area contributed by atoms with Crippen LogP contribution in [0.5, 0.6) is 0 Å². The lowest BCUT2D eigenvalue weighted by Gasteiger charge is -2.19. The Bertz CT molecular complexity index is 295. The van der Waals surface area contributed by atoms with E-state index in [1.807, 2.05) is 20.8 Å². The van der Waals surface area contributed by atoms with Crippen LogP contribution in [0.2, 0.25) is 0 Å². The zero-order valence-corrected chi connectivity index (χ0v) is 10.6. The molecule has 0 aliphatic carbocycles. The SMILES string of the molecule is C=C(C#N)C(=O)OC(CC)OCC(C)OCC. The van der Waals surface area contributed by atoms with Crippen molar-refractivity contribution < 1.29 is 19.0 Å². The van der Waals surface area contributed by atoms with Gasteiger partial charge in [-0.15, -0.1) is 0 Å². The van der Waals surface area contributed by atoms with E-state index >= 15 is 0 Å². The van der Waals surface area contributed by atoms with Crippen molar-refractivity contribution in [1.82, 2.24) is 0 Å². The van der Waals surface area contributed by atoms with Crippen LogP contribution in [0, 0.1) is 11.3 Å². The van der Waals surface area contributed by atoms with E-state index in [4.69, 9.17) is 19.5 Å². The molecule has 0 aromatic rings. The molecule has 2 atom stereocenters. The van der Waals surface area contributed by atoms with Crippen LogP contribution in [0.4, 0.5) is 0 Å². The van der Waals surface area contributed by atoms with Crippen LogP contribution in [-0.2, 0) is 19.0 Å². The molecular formula is C12H19NO4. The van der Waals surface area contributed by atoms with Gasteiger partial charge in [0.05, 0.1) is 12.7 Å². The first-order chi connectivity index (χ1) is 8.04. The Labute approximate surface area is 102 Å². The summed E-state index contributed by atoms with van der Waals surface area (Å²) in [5.41, 5.74) is -0.232. The monoisotopic (exact) mass is 241 g/mol. The van der Waals surface area contributed by atoms with Gasteiger partial charge in [0.25, 0.3) is 0 Å². The van der Waals surface area contributed by atoms with Crippen LogP contribution in [-0.4, -0.2) is 31.6 Å². The second-order valence-corrected chi connectivity index (χ2v) is 3.43. The third-order valence-electron chi connectivity index (χ3n) is 1.92. The van der Waals surface area contributed by atoms with Crippen LogP contribution >= 0.6 is 0 Å². The van der Waals surface area contributed by atoms with E-state index in [0.29, 0.717) is 19.6 Å². The Kier molecular flexibility index (Phi) is 8.03.